The lowest BCUT2D eigenvalue weighted by atomic mass is 10.0. The van der Waals surface area contributed by atoms with Gasteiger partial charge in [0.25, 0.3) is 0 Å². The second-order valence-corrected chi connectivity index (χ2v) is 14.2. The number of allylic oxidation sites excluding steroid dienone is 1. The summed E-state index contributed by atoms with van der Waals surface area (Å²) in [6, 6.07) is 65.9. The summed E-state index contributed by atoms with van der Waals surface area (Å²) < 4.78 is 4.64. The Balaban J connectivity index is 1.07. The van der Waals surface area contributed by atoms with Crippen LogP contribution in [0.4, 0.5) is 0 Å². The van der Waals surface area contributed by atoms with Gasteiger partial charge in [0.2, 0.25) is 0 Å². The fourth-order valence-corrected chi connectivity index (χ4v) is 8.15. The lowest BCUT2D eigenvalue weighted by Gasteiger charge is -2.11. The zero-order valence-corrected chi connectivity index (χ0v) is 30.8. The largest absolute Gasteiger partial charge is 0.309 e. The van der Waals surface area contributed by atoms with Crippen molar-refractivity contribution in [2.24, 2.45) is 9.98 Å². The molecule has 0 amide bonds. The van der Waals surface area contributed by atoms with Gasteiger partial charge in [0, 0.05) is 61.9 Å². The Morgan fingerprint density at radius 3 is 1.75 bits per heavy atom. The molecule has 0 aliphatic carbocycles. The first-order valence-electron chi connectivity index (χ1n) is 19.1. The number of benzene rings is 7. The Labute approximate surface area is 329 Å². The number of rotatable bonds is 6. The van der Waals surface area contributed by atoms with Crippen molar-refractivity contribution in [2.75, 3.05) is 0 Å². The second kappa shape index (κ2) is 13.5. The van der Waals surface area contributed by atoms with Crippen molar-refractivity contribution in [1.82, 2.24) is 14.1 Å². The molecular weight excluding hydrogens is 695 g/mol. The quantitative estimate of drug-likeness (QED) is 0.157. The van der Waals surface area contributed by atoms with Crippen molar-refractivity contribution in [2.45, 2.75) is 0 Å². The normalized spacial score (nSPS) is 12.9. The van der Waals surface area contributed by atoms with E-state index in [0.29, 0.717) is 5.84 Å². The van der Waals surface area contributed by atoms with Gasteiger partial charge in [-0.05, 0) is 65.7 Å². The highest BCUT2D eigenvalue weighted by molar-refractivity contribution is 6.19. The Kier molecular flexibility index (Phi) is 7.70. The highest BCUT2D eigenvalue weighted by Gasteiger charge is 2.18. The molecule has 4 heterocycles. The second-order valence-electron chi connectivity index (χ2n) is 14.2. The maximum atomic E-state index is 5.15. The van der Waals surface area contributed by atoms with Crippen LogP contribution in [-0.2, 0) is 0 Å². The standard InChI is InChI=1S/C52H33N5/c1-4-14-35(15-5-1)46-29-30-47(55-51(54-46)36-16-6-2-7-17-36)39-18-12-21-41(32-39)56-48-24-11-10-22-42(48)43-27-25-37(33-49(43)56)38-26-28-44-45-23-13-31-53-52(45)57(50(44)34-38)40-19-8-3-9-20-40/h1-29,31-34H. The van der Waals surface area contributed by atoms with Gasteiger partial charge in [-0.1, -0.05) is 139 Å². The maximum absolute atomic E-state index is 5.15. The van der Waals surface area contributed by atoms with Crippen molar-refractivity contribution in [3.05, 3.63) is 223 Å². The zero-order valence-electron chi connectivity index (χ0n) is 30.8. The lowest BCUT2D eigenvalue weighted by molar-refractivity contribution is 1.14. The molecule has 0 fully saturated rings. The van der Waals surface area contributed by atoms with Gasteiger partial charge in [0.15, 0.2) is 5.84 Å². The van der Waals surface area contributed by atoms with Gasteiger partial charge in [-0.2, -0.15) is 0 Å². The average molecular weight is 728 g/mol. The van der Waals surface area contributed by atoms with Gasteiger partial charge in [0.05, 0.1) is 22.3 Å². The predicted octanol–water partition coefficient (Wildman–Crippen LogP) is 12.4. The van der Waals surface area contributed by atoms with E-state index in [0.717, 1.165) is 78.2 Å². The average Bonchev–Trinajstić information content (AvgIpc) is 3.69. The summed E-state index contributed by atoms with van der Waals surface area (Å²) in [5.41, 5.74) is 16.7. The molecule has 0 saturated heterocycles. The van der Waals surface area contributed by atoms with Gasteiger partial charge >= 0.3 is 0 Å². The number of fused-ring (bicyclic) bond motifs is 6. The molecule has 0 N–H and O–H groups in total. The molecule has 1 aliphatic rings. The minimum absolute atomic E-state index is 0.650. The van der Waals surface area contributed by atoms with Crippen LogP contribution in [-0.4, -0.2) is 25.7 Å². The molecule has 11 rings (SSSR count). The summed E-state index contributed by atoms with van der Waals surface area (Å²) in [7, 11) is 0. The zero-order chi connectivity index (χ0) is 37.7. The summed E-state index contributed by atoms with van der Waals surface area (Å²) >= 11 is 0. The number of aromatic nitrogens is 3. The van der Waals surface area contributed by atoms with Crippen molar-refractivity contribution in [1.29, 1.82) is 0 Å². The molecule has 0 bridgehead atoms. The maximum Gasteiger partial charge on any atom is 0.161 e. The van der Waals surface area contributed by atoms with E-state index in [-0.39, 0.29) is 0 Å². The first-order chi connectivity index (χ1) is 28.3. The van der Waals surface area contributed by atoms with Crippen LogP contribution in [0.3, 0.4) is 0 Å². The van der Waals surface area contributed by atoms with Crippen LogP contribution in [0.5, 0.6) is 0 Å². The molecule has 0 spiro atoms. The third-order valence-corrected chi connectivity index (χ3v) is 10.8. The molecule has 266 valence electrons. The highest BCUT2D eigenvalue weighted by Crippen LogP contribution is 2.38. The van der Waals surface area contributed by atoms with Gasteiger partial charge in [-0.25, -0.2) is 15.0 Å². The molecule has 3 aromatic heterocycles. The Morgan fingerprint density at radius 2 is 0.982 bits per heavy atom. The van der Waals surface area contributed by atoms with Crippen LogP contribution in [0.1, 0.15) is 16.7 Å². The van der Waals surface area contributed by atoms with E-state index in [1.807, 2.05) is 54.7 Å². The van der Waals surface area contributed by atoms with E-state index in [1.54, 1.807) is 0 Å². The Bertz CT molecular complexity index is 3310. The minimum Gasteiger partial charge on any atom is -0.309 e. The Morgan fingerprint density at radius 1 is 0.386 bits per heavy atom. The van der Waals surface area contributed by atoms with E-state index in [1.165, 1.54) is 16.2 Å². The SMILES string of the molecule is C1=CC(c2ccccc2)=NC(c2ccccc2)=NC=1c1cccc(-n2c3ccccc3c3ccc(-c4ccc5c6cccnc6n(-c6ccccc6)c5c4)cc32)c1. The van der Waals surface area contributed by atoms with Crippen molar-refractivity contribution in [3.8, 4) is 22.5 Å². The third-order valence-electron chi connectivity index (χ3n) is 10.8. The van der Waals surface area contributed by atoms with E-state index in [4.69, 9.17) is 15.0 Å². The first kappa shape index (κ1) is 32.6. The summed E-state index contributed by atoms with van der Waals surface area (Å²) in [6.45, 7) is 0. The number of aliphatic imine (C=N–C) groups is 2. The third kappa shape index (κ3) is 5.61. The predicted molar refractivity (Wildman–Crippen MR) is 236 cm³/mol. The van der Waals surface area contributed by atoms with E-state index < -0.39 is 0 Å². The van der Waals surface area contributed by atoms with Crippen LogP contribution in [0, 0.1) is 0 Å². The molecule has 1 aliphatic heterocycles. The molecule has 0 saturated carbocycles. The van der Waals surface area contributed by atoms with Gasteiger partial charge in [-0.15, -0.1) is 0 Å². The topological polar surface area (TPSA) is 47.5 Å². The summed E-state index contributed by atoms with van der Waals surface area (Å²) in [4.78, 5) is 15.0. The monoisotopic (exact) mass is 727 g/mol. The highest BCUT2D eigenvalue weighted by atomic mass is 15.0. The summed E-state index contributed by atoms with van der Waals surface area (Å²) in [5.74, 6) is 0.650. The van der Waals surface area contributed by atoms with Gasteiger partial charge in [-0.3, -0.25) is 4.57 Å². The van der Waals surface area contributed by atoms with E-state index >= 15 is 0 Å². The fourth-order valence-electron chi connectivity index (χ4n) is 8.15. The summed E-state index contributed by atoms with van der Waals surface area (Å²) in [6.07, 6.45) is 3.82. The van der Waals surface area contributed by atoms with Gasteiger partial charge < -0.3 is 4.57 Å². The van der Waals surface area contributed by atoms with Crippen LogP contribution < -0.4 is 0 Å². The molecule has 5 heteroatoms. The van der Waals surface area contributed by atoms with Crippen molar-refractivity contribution >= 4 is 61.0 Å². The van der Waals surface area contributed by atoms with Crippen LogP contribution in [0.15, 0.2) is 216 Å². The molecule has 10 aromatic rings. The van der Waals surface area contributed by atoms with Crippen molar-refractivity contribution in [3.63, 3.8) is 0 Å². The smallest absolute Gasteiger partial charge is 0.161 e. The van der Waals surface area contributed by atoms with Crippen LogP contribution >= 0.6 is 0 Å². The fraction of sp³-hybridized carbons (Fsp3) is 0. The molecule has 57 heavy (non-hydrogen) atoms. The number of hydrogen-bond donors (Lipinski definition) is 0. The first-order valence-corrected chi connectivity index (χ1v) is 19.1. The molecule has 7 aromatic carbocycles. The number of amidine groups is 1. The molecular formula is C52H33N5. The Hall–Kier alpha value is -7.85. The van der Waals surface area contributed by atoms with Crippen molar-refractivity contribution < 1.29 is 0 Å². The summed E-state index contributed by atoms with van der Waals surface area (Å²) in [5, 5.41) is 4.72. The minimum atomic E-state index is 0.650. The molecule has 5 nitrogen and oxygen atoms in total. The van der Waals surface area contributed by atoms with E-state index in [9.17, 15) is 0 Å². The van der Waals surface area contributed by atoms with Gasteiger partial charge in [0.1, 0.15) is 11.3 Å². The molecule has 0 atom stereocenters. The van der Waals surface area contributed by atoms with E-state index in [2.05, 4.69) is 160 Å². The molecule has 0 radical (unpaired) electrons. The molecule has 0 unspecified atom stereocenters. The number of pyridine rings is 1. The number of para-hydroxylation sites is 2. The lowest BCUT2D eigenvalue weighted by Crippen LogP contribution is -2.03. The number of nitrogens with zero attached hydrogens (tertiary/aromatic N) is 5. The number of hydrogen-bond acceptors (Lipinski definition) is 3. The van der Waals surface area contributed by atoms with Crippen LogP contribution in [0.2, 0.25) is 0 Å². The van der Waals surface area contributed by atoms with Crippen LogP contribution in [0.25, 0.3) is 71.9 Å².